The normalized spacial score (nSPS) is 10.8. The summed E-state index contributed by atoms with van der Waals surface area (Å²) in [6.45, 7) is 0. The molecule has 0 atom stereocenters. The number of thioether (sulfide) groups is 1. The van der Waals surface area contributed by atoms with Crippen molar-refractivity contribution in [1.82, 2.24) is 4.98 Å². The molecule has 1 N–H and O–H groups in total. The Morgan fingerprint density at radius 2 is 2.05 bits per heavy atom. The molecule has 0 spiro atoms. The summed E-state index contributed by atoms with van der Waals surface area (Å²) < 4.78 is 1.89. The predicted octanol–water partition coefficient (Wildman–Crippen LogP) is 5.33. The molecule has 3 rings (SSSR count). The Hall–Kier alpha value is -1.27. The van der Waals surface area contributed by atoms with Gasteiger partial charge in [-0.15, -0.1) is 11.3 Å². The number of nitrogens with one attached hydrogen (secondary N) is 1. The molecule has 1 heterocycles. The van der Waals surface area contributed by atoms with Crippen LogP contribution in [0.5, 0.6) is 0 Å². The third-order valence-corrected chi connectivity index (χ3v) is 5.55. The minimum Gasteiger partial charge on any atom is -0.324 e. The standard InChI is InChI=1S/C15H10Cl2N2OS2/c16-9-5-6-13-12(7-9)19-15(22-13)21-8-14(20)18-11-4-2-1-3-10(11)17/h1-7H,8H2,(H,18,20). The van der Waals surface area contributed by atoms with Gasteiger partial charge in [-0.25, -0.2) is 4.98 Å². The van der Waals surface area contributed by atoms with E-state index < -0.39 is 0 Å². The van der Waals surface area contributed by atoms with E-state index in [1.165, 1.54) is 11.8 Å². The zero-order valence-corrected chi connectivity index (χ0v) is 14.3. The molecular formula is C15H10Cl2N2OS2. The summed E-state index contributed by atoms with van der Waals surface area (Å²) >= 11 is 14.9. The number of anilines is 1. The number of amides is 1. The van der Waals surface area contributed by atoms with Crippen molar-refractivity contribution >= 4 is 68.1 Å². The van der Waals surface area contributed by atoms with Crippen LogP contribution >= 0.6 is 46.3 Å². The molecular weight excluding hydrogens is 359 g/mol. The van der Waals surface area contributed by atoms with Gasteiger partial charge in [-0.2, -0.15) is 0 Å². The maximum Gasteiger partial charge on any atom is 0.234 e. The molecule has 22 heavy (non-hydrogen) atoms. The first-order chi connectivity index (χ1) is 10.6. The van der Waals surface area contributed by atoms with Crippen LogP contribution in [-0.2, 0) is 4.79 Å². The molecule has 0 aliphatic carbocycles. The maximum absolute atomic E-state index is 12.0. The second-order valence-electron chi connectivity index (χ2n) is 4.41. The van der Waals surface area contributed by atoms with E-state index in [-0.39, 0.29) is 11.7 Å². The van der Waals surface area contributed by atoms with Gasteiger partial charge in [0, 0.05) is 5.02 Å². The quantitative estimate of drug-likeness (QED) is 0.632. The van der Waals surface area contributed by atoms with Crippen molar-refractivity contribution in [1.29, 1.82) is 0 Å². The Balaban J connectivity index is 1.63. The highest BCUT2D eigenvalue weighted by Crippen LogP contribution is 2.31. The fourth-order valence-electron chi connectivity index (χ4n) is 1.82. The molecule has 0 aliphatic heterocycles. The monoisotopic (exact) mass is 368 g/mol. The average molecular weight is 369 g/mol. The molecule has 7 heteroatoms. The lowest BCUT2D eigenvalue weighted by Gasteiger charge is -2.05. The number of halogens is 2. The number of para-hydroxylation sites is 1. The van der Waals surface area contributed by atoms with Crippen LogP contribution in [0.25, 0.3) is 10.2 Å². The van der Waals surface area contributed by atoms with Crippen molar-refractivity contribution < 1.29 is 4.79 Å². The molecule has 3 nitrogen and oxygen atoms in total. The number of fused-ring (bicyclic) bond motifs is 1. The summed E-state index contributed by atoms with van der Waals surface area (Å²) in [4.78, 5) is 16.4. The van der Waals surface area contributed by atoms with Crippen molar-refractivity contribution in [3.8, 4) is 0 Å². The molecule has 1 aromatic heterocycles. The van der Waals surface area contributed by atoms with Crippen LogP contribution in [0.3, 0.4) is 0 Å². The number of carbonyl (C=O) groups is 1. The fraction of sp³-hybridized carbons (Fsp3) is 0.0667. The molecule has 1 amide bonds. The van der Waals surface area contributed by atoms with Gasteiger partial charge in [0.15, 0.2) is 4.34 Å². The second kappa shape index (κ2) is 6.87. The maximum atomic E-state index is 12.0. The Kier molecular flexibility index (Phi) is 4.88. The van der Waals surface area contributed by atoms with Gasteiger partial charge in [-0.1, -0.05) is 47.1 Å². The smallest absolute Gasteiger partial charge is 0.234 e. The van der Waals surface area contributed by atoms with Crippen molar-refractivity contribution in [2.75, 3.05) is 11.1 Å². The lowest BCUT2D eigenvalue weighted by atomic mass is 10.3. The lowest BCUT2D eigenvalue weighted by Crippen LogP contribution is -2.14. The molecule has 0 unspecified atom stereocenters. The van der Waals surface area contributed by atoms with Crippen molar-refractivity contribution in [3.63, 3.8) is 0 Å². The largest absolute Gasteiger partial charge is 0.324 e. The van der Waals surface area contributed by atoms with Gasteiger partial charge in [0.25, 0.3) is 0 Å². The van der Waals surface area contributed by atoms with Gasteiger partial charge in [0.2, 0.25) is 5.91 Å². The highest BCUT2D eigenvalue weighted by atomic mass is 35.5. The zero-order chi connectivity index (χ0) is 15.5. The van der Waals surface area contributed by atoms with E-state index >= 15 is 0 Å². The van der Waals surface area contributed by atoms with E-state index in [4.69, 9.17) is 23.2 Å². The van der Waals surface area contributed by atoms with Crippen LogP contribution in [0.4, 0.5) is 5.69 Å². The molecule has 2 aromatic carbocycles. The van der Waals surface area contributed by atoms with Gasteiger partial charge in [0.05, 0.1) is 26.7 Å². The first-order valence-corrected chi connectivity index (χ1v) is 8.91. The van der Waals surface area contributed by atoms with E-state index in [2.05, 4.69) is 10.3 Å². The minimum absolute atomic E-state index is 0.115. The number of aromatic nitrogens is 1. The van der Waals surface area contributed by atoms with Crippen molar-refractivity contribution in [3.05, 3.63) is 52.5 Å². The summed E-state index contributed by atoms with van der Waals surface area (Å²) in [5.41, 5.74) is 1.47. The van der Waals surface area contributed by atoms with E-state index in [1.807, 2.05) is 30.3 Å². The molecule has 0 saturated heterocycles. The summed E-state index contributed by atoms with van der Waals surface area (Å²) in [7, 11) is 0. The third kappa shape index (κ3) is 3.73. The van der Waals surface area contributed by atoms with Crippen LogP contribution in [0.15, 0.2) is 46.8 Å². The second-order valence-corrected chi connectivity index (χ2v) is 7.51. The summed E-state index contributed by atoms with van der Waals surface area (Å²) in [5.74, 6) is 0.161. The van der Waals surface area contributed by atoms with Gasteiger partial charge in [0.1, 0.15) is 0 Å². The number of nitrogens with zero attached hydrogens (tertiary/aromatic N) is 1. The van der Waals surface area contributed by atoms with Gasteiger partial charge in [-0.3, -0.25) is 4.79 Å². The topological polar surface area (TPSA) is 42.0 Å². The molecule has 3 aromatic rings. The highest BCUT2D eigenvalue weighted by molar-refractivity contribution is 8.01. The molecule has 0 aliphatic rings. The Bertz CT molecular complexity index is 835. The summed E-state index contributed by atoms with van der Waals surface area (Å²) in [6.07, 6.45) is 0. The average Bonchev–Trinajstić information content (AvgIpc) is 2.89. The van der Waals surface area contributed by atoms with E-state index in [0.717, 1.165) is 14.6 Å². The number of thiazole rings is 1. The molecule has 0 radical (unpaired) electrons. The van der Waals surface area contributed by atoms with Gasteiger partial charge >= 0.3 is 0 Å². The van der Waals surface area contributed by atoms with Crippen LogP contribution in [-0.4, -0.2) is 16.6 Å². The number of hydrogen-bond donors (Lipinski definition) is 1. The van der Waals surface area contributed by atoms with Crippen LogP contribution in [0.2, 0.25) is 10.0 Å². The highest BCUT2D eigenvalue weighted by Gasteiger charge is 2.09. The van der Waals surface area contributed by atoms with E-state index in [9.17, 15) is 4.79 Å². The fourth-order valence-corrected chi connectivity index (χ4v) is 4.02. The van der Waals surface area contributed by atoms with E-state index in [1.54, 1.807) is 23.5 Å². The van der Waals surface area contributed by atoms with Gasteiger partial charge in [-0.05, 0) is 30.3 Å². The predicted molar refractivity (Wildman–Crippen MR) is 95.4 cm³/mol. The van der Waals surface area contributed by atoms with Crippen LogP contribution < -0.4 is 5.32 Å². The van der Waals surface area contributed by atoms with Gasteiger partial charge < -0.3 is 5.32 Å². The number of benzene rings is 2. The Labute approximate surface area is 145 Å². The van der Waals surface area contributed by atoms with Crippen molar-refractivity contribution in [2.24, 2.45) is 0 Å². The SMILES string of the molecule is O=C(CSc1nc2cc(Cl)ccc2s1)Nc1ccccc1Cl. The molecule has 0 saturated carbocycles. The lowest BCUT2D eigenvalue weighted by molar-refractivity contribution is -0.113. The van der Waals surface area contributed by atoms with E-state index in [0.29, 0.717) is 15.7 Å². The molecule has 0 bridgehead atoms. The number of carbonyl (C=O) groups excluding carboxylic acids is 1. The number of hydrogen-bond acceptors (Lipinski definition) is 4. The Morgan fingerprint density at radius 1 is 1.23 bits per heavy atom. The molecule has 0 fully saturated rings. The Morgan fingerprint density at radius 3 is 2.86 bits per heavy atom. The number of rotatable bonds is 4. The minimum atomic E-state index is -0.115. The van der Waals surface area contributed by atoms with Crippen LogP contribution in [0, 0.1) is 0 Å². The summed E-state index contributed by atoms with van der Waals surface area (Å²) in [5, 5.41) is 3.97. The van der Waals surface area contributed by atoms with Crippen molar-refractivity contribution in [2.45, 2.75) is 4.34 Å². The first kappa shape index (κ1) is 15.6. The zero-order valence-electron chi connectivity index (χ0n) is 11.2. The third-order valence-electron chi connectivity index (χ3n) is 2.80. The first-order valence-electron chi connectivity index (χ1n) is 6.35. The summed E-state index contributed by atoms with van der Waals surface area (Å²) in [6, 6.07) is 12.7. The molecule has 112 valence electrons. The van der Waals surface area contributed by atoms with Crippen LogP contribution in [0.1, 0.15) is 0 Å².